The van der Waals surface area contributed by atoms with Gasteiger partial charge in [0.2, 0.25) is 0 Å². The zero-order chi connectivity index (χ0) is 14.8. The summed E-state index contributed by atoms with van der Waals surface area (Å²) in [5.74, 6) is -0.235. The Hall–Kier alpha value is -1.88. The van der Waals surface area contributed by atoms with E-state index in [1.807, 2.05) is 44.2 Å². The number of nitrogens with zero attached hydrogens (tertiary/aromatic N) is 1. The molecule has 3 amide bonds. The summed E-state index contributed by atoms with van der Waals surface area (Å²) in [6, 6.07) is 8.89. The number of amides is 3. The second-order valence-corrected chi connectivity index (χ2v) is 5.30. The van der Waals surface area contributed by atoms with Crippen molar-refractivity contribution in [2.24, 2.45) is 0 Å². The molecule has 1 N–H and O–H groups in total. The van der Waals surface area contributed by atoms with Crippen molar-refractivity contribution in [3.8, 4) is 0 Å². The second-order valence-electron chi connectivity index (χ2n) is 5.30. The van der Waals surface area contributed by atoms with Crippen LogP contribution in [0.4, 0.5) is 4.79 Å². The first-order chi connectivity index (χ1) is 9.45. The maximum Gasteiger partial charge on any atom is 0.325 e. The molecule has 0 radical (unpaired) electrons. The topological polar surface area (TPSA) is 58.6 Å². The van der Waals surface area contributed by atoms with Crippen molar-refractivity contribution >= 4 is 11.9 Å². The normalized spacial score (nSPS) is 22.5. The highest BCUT2D eigenvalue weighted by atomic mass is 16.5. The smallest absolute Gasteiger partial charge is 0.325 e. The molecule has 0 bridgehead atoms. The molecule has 108 valence electrons. The fraction of sp³-hybridized carbons (Fsp3) is 0.467. The van der Waals surface area contributed by atoms with Crippen LogP contribution in [-0.2, 0) is 15.1 Å². The van der Waals surface area contributed by atoms with Gasteiger partial charge in [0, 0.05) is 0 Å². The van der Waals surface area contributed by atoms with E-state index in [0.29, 0.717) is 6.61 Å². The van der Waals surface area contributed by atoms with E-state index >= 15 is 0 Å². The summed E-state index contributed by atoms with van der Waals surface area (Å²) < 4.78 is 5.40. The molecule has 1 aliphatic heterocycles. The molecule has 0 spiro atoms. The van der Waals surface area contributed by atoms with Crippen LogP contribution in [0, 0.1) is 0 Å². The maximum absolute atomic E-state index is 12.5. The van der Waals surface area contributed by atoms with Crippen LogP contribution in [-0.4, -0.2) is 36.1 Å². The highest BCUT2D eigenvalue weighted by Gasteiger charge is 2.48. The van der Waals surface area contributed by atoms with Crippen molar-refractivity contribution in [3.63, 3.8) is 0 Å². The van der Waals surface area contributed by atoms with E-state index in [1.165, 1.54) is 4.90 Å². The average molecular weight is 276 g/mol. The van der Waals surface area contributed by atoms with Gasteiger partial charge in [-0.1, -0.05) is 30.3 Å². The summed E-state index contributed by atoms with van der Waals surface area (Å²) in [7, 11) is 0. The Labute approximate surface area is 118 Å². The van der Waals surface area contributed by atoms with E-state index in [0.717, 1.165) is 5.56 Å². The molecule has 5 heteroatoms. The molecule has 0 aromatic heterocycles. The Balaban J connectivity index is 2.12. The van der Waals surface area contributed by atoms with Gasteiger partial charge in [-0.05, 0) is 26.3 Å². The van der Waals surface area contributed by atoms with Crippen molar-refractivity contribution in [2.45, 2.75) is 32.4 Å². The van der Waals surface area contributed by atoms with E-state index in [-0.39, 0.29) is 24.6 Å². The molecule has 1 aliphatic rings. The Morgan fingerprint density at radius 2 is 1.90 bits per heavy atom. The van der Waals surface area contributed by atoms with Crippen molar-refractivity contribution in [1.29, 1.82) is 0 Å². The average Bonchev–Trinajstić information content (AvgIpc) is 2.64. The first-order valence-electron chi connectivity index (χ1n) is 6.76. The van der Waals surface area contributed by atoms with Crippen LogP contribution >= 0.6 is 0 Å². The van der Waals surface area contributed by atoms with Crippen molar-refractivity contribution in [1.82, 2.24) is 10.2 Å². The van der Waals surface area contributed by atoms with Gasteiger partial charge in [0.05, 0.1) is 19.3 Å². The number of hydrogen-bond acceptors (Lipinski definition) is 3. The molecule has 1 atom stereocenters. The van der Waals surface area contributed by atoms with Crippen molar-refractivity contribution < 1.29 is 14.3 Å². The van der Waals surface area contributed by atoms with E-state index in [1.54, 1.807) is 6.92 Å². The monoisotopic (exact) mass is 276 g/mol. The second kappa shape index (κ2) is 5.63. The lowest BCUT2D eigenvalue weighted by atomic mass is 9.92. The molecule has 0 saturated carbocycles. The zero-order valence-electron chi connectivity index (χ0n) is 12.1. The predicted octanol–water partition coefficient (Wildman–Crippen LogP) is 1.88. The quantitative estimate of drug-likeness (QED) is 0.835. The van der Waals surface area contributed by atoms with Gasteiger partial charge in [-0.15, -0.1) is 0 Å². The molecule has 1 aromatic rings. The molecular weight excluding hydrogens is 256 g/mol. The molecular formula is C15H20N2O3. The Morgan fingerprint density at radius 1 is 1.25 bits per heavy atom. The van der Waals surface area contributed by atoms with Crippen molar-refractivity contribution in [3.05, 3.63) is 35.9 Å². The van der Waals surface area contributed by atoms with Gasteiger partial charge in [-0.3, -0.25) is 9.69 Å². The zero-order valence-corrected chi connectivity index (χ0v) is 12.1. The van der Waals surface area contributed by atoms with Crippen LogP contribution in [0.1, 0.15) is 26.3 Å². The summed E-state index contributed by atoms with van der Waals surface area (Å²) in [5.41, 5.74) is -0.207. The summed E-state index contributed by atoms with van der Waals surface area (Å²) in [5, 5.41) is 2.77. The number of rotatable bonds is 5. The summed E-state index contributed by atoms with van der Waals surface area (Å²) in [4.78, 5) is 25.7. The van der Waals surface area contributed by atoms with Gasteiger partial charge in [0.15, 0.2) is 0 Å². The van der Waals surface area contributed by atoms with Crippen LogP contribution in [0.5, 0.6) is 0 Å². The molecule has 0 aliphatic carbocycles. The van der Waals surface area contributed by atoms with Gasteiger partial charge in [0.1, 0.15) is 5.54 Å². The third kappa shape index (κ3) is 2.67. The number of carbonyl (C=O) groups excluding carboxylic acids is 2. The highest BCUT2D eigenvalue weighted by Crippen LogP contribution is 2.28. The minimum Gasteiger partial charge on any atom is -0.377 e. The largest absolute Gasteiger partial charge is 0.377 e. The number of benzene rings is 1. The van der Waals surface area contributed by atoms with E-state index in [9.17, 15) is 9.59 Å². The summed E-state index contributed by atoms with van der Waals surface area (Å²) in [6.07, 6.45) is 0.0799. The number of carbonyl (C=O) groups is 2. The van der Waals surface area contributed by atoms with Crippen LogP contribution in [0.3, 0.4) is 0 Å². The lowest BCUT2D eigenvalue weighted by Crippen LogP contribution is -2.41. The van der Waals surface area contributed by atoms with Gasteiger partial charge >= 0.3 is 6.03 Å². The lowest BCUT2D eigenvalue weighted by Gasteiger charge is -2.22. The standard InChI is InChI=1S/C15H20N2O3/c1-11(2)20-10-9-17-13(18)15(3,16-14(17)19)12-7-5-4-6-8-12/h4-8,11H,9-10H2,1-3H3,(H,16,19)/t15-/m1/s1. The molecule has 0 unspecified atom stereocenters. The third-order valence-corrected chi connectivity index (χ3v) is 3.39. The number of urea groups is 1. The maximum atomic E-state index is 12.5. The number of hydrogen-bond donors (Lipinski definition) is 1. The minimum atomic E-state index is -0.990. The number of ether oxygens (including phenoxy) is 1. The highest BCUT2D eigenvalue weighted by molar-refractivity contribution is 6.07. The molecule has 1 saturated heterocycles. The third-order valence-electron chi connectivity index (χ3n) is 3.39. The summed E-state index contributed by atoms with van der Waals surface area (Å²) in [6.45, 7) is 6.18. The number of imide groups is 1. The molecule has 1 aromatic carbocycles. The Bertz CT molecular complexity index is 501. The van der Waals surface area contributed by atoms with Crippen LogP contribution in [0.25, 0.3) is 0 Å². The van der Waals surface area contributed by atoms with Crippen LogP contribution in [0.15, 0.2) is 30.3 Å². The van der Waals surface area contributed by atoms with Gasteiger partial charge in [-0.2, -0.15) is 0 Å². The van der Waals surface area contributed by atoms with Crippen LogP contribution < -0.4 is 5.32 Å². The SMILES string of the molecule is CC(C)OCCN1C(=O)N[C@](C)(c2ccccc2)C1=O. The van der Waals surface area contributed by atoms with E-state index in [2.05, 4.69) is 5.32 Å². The molecule has 1 fully saturated rings. The Kier molecular flexibility index (Phi) is 4.09. The van der Waals surface area contributed by atoms with E-state index in [4.69, 9.17) is 4.74 Å². The van der Waals surface area contributed by atoms with Gasteiger partial charge in [-0.25, -0.2) is 4.79 Å². The van der Waals surface area contributed by atoms with Crippen molar-refractivity contribution in [2.75, 3.05) is 13.2 Å². The van der Waals surface area contributed by atoms with Crippen LogP contribution in [0.2, 0.25) is 0 Å². The predicted molar refractivity (Wildman–Crippen MR) is 75.1 cm³/mol. The van der Waals surface area contributed by atoms with Gasteiger partial charge < -0.3 is 10.1 Å². The first-order valence-corrected chi connectivity index (χ1v) is 6.76. The fourth-order valence-corrected chi connectivity index (χ4v) is 2.25. The van der Waals surface area contributed by atoms with Gasteiger partial charge in [0.25, 0.3) is 5.91 Å². The molecule has 20 heavy (non-hydrogen) atoms. The first kappa shape index (κ1) is 14.5. The lowest BCUT2D eigenvalue weighted by molar-refractivity contribution is -0.131. The molecule has 2 rings (SSSR count). The molecule has 1 heterocycles. The summed E-state index contributed by atoms with van der Waals surface area (Å²) >= 11 is 0. The number of nitrogens with one attached hydrogen (secondary N) is 1. The van der Waals surface area contributed by atoms with E-state index < -0.39 is 5.54 Å². The molecule has 5 nitrogen and oxygen atoms in total. The Morgan fingerprint density at radius 3 is 2.50 bits per heavy atom. The minimum absolute atomic E-state index is 0.0799. The fourth-order valence-electron chi connectivity index (χ4n) is 2.25.